The highest BCUT2D eigenvalue weighted by molar-refractivity contribution is 6.00. The van der Waals surface area contributed by atoms with Gasteiger partial charge in [0.15, 0.2) is 0 Å². The summed E-state index contributed by atoms with van der Waals surface area (Å²) in [4.78, 5) is 28.1. The molecule has 1 amide bonds. The largest absolute Gasteiger partial charge is 0.477 e. The first-order chi connectivity index (χ1) is 9.23. The number of carbonyl (C=O) groups is 2. The molecule has 0 fully saturated rings. The highest BCUT2D eigenvalue weighted by atomic mass is 16.4. The number of aromatic amines is 1. The second kappa shape index (κ2) is 6.56. The Kier molecular flexibility index (Phi) is 5.33. The van der Waals surface area contributed by atoms with E-state index in [4.69, 9.17) is 5.11 Å². The van der Waals surface area contributed by atoms with Crippen molar-refractivity contribution in [3.05, 3.63) is 22.5 Å². The van der Waals surface area contributed by atoms with Crippen molar-refractivity contribution in [1.29, 1.82) is 0 Å². The number of H-pyrrole nitrogens is 1. The summed E-state index contributed by atoms with van der Waals surface area (Å²) >= 11 is 0. The Hall–Kier alpha value is -1.82. The van der Waals surface area contributed by atoms with Crippen molar-refractivity contribution in [2.24, 2.45) is 0 Å². The molecule has 3 N–H and O–H groups in total. The molecule has 20 heavy (non-hydrogen) atoms. The first-order valence-electron chi connectivity index (χ1n) is 6.62. The maximum absolute atomic E-state index is 12.2. The number of nitrogens with zero attached hydrogens (tertiary/aromatic N) is 1. The van der Waals surface area contributed by atoms with Crippen LogP contribution in [-0.4, -0.2) is 53.5 Å². The fourth-order valence-electron chi connectivity index (χ4n) is 2.12. The zero-order valence-corrected chi connectivity index (χ0v) is 12.7. The van der Waals surface area contributed by atoms with Crippen molar-refractivity contribution in [3.63, 3.8) is 0 Å². The number of carboxylic acids is 1. The van der Waals surface area contributed by atoms with Gasteiger partial charge in [0.2, 0.25) is 0 Å². The average Bonchev–Trinajstić information content (AvgIpc) is 2.62. The molecule has 112 valence electrons. The summed E-state index contributed by atoms with van der Waals surface area (Å²) in [6, 6.07) is 0.0341. The predicted molar refractivity (Wildman–Crippen MR) is 77.3 cm³/mol. The number of amides is 1. The molecule has 0 bridgehead atoms. The van der Waals surface area contributed by atoms with Gasteiger partial charge in [-0.2, -0.15) is 0 Å². The molecule has 6 heteroatoms. The van der Waals surface area contributed by atoms with E-state index in [1.165, 1.54) is 0 Å². The fourth-order valence-corrected chi connectivity index (χ4v) is 2.12. The van der Waals surface area contributed by atoms with Gasteiger partial charge in [0, 0.05) is 11.7 Å². The van der Waals surface area contributed by atoms with Crippen molar-refractivity contribution in [1.82, 2.24) is 15.2 Å². The Balaban J connectivity index is 2.80. The summed E-state index contributed by atoms with van der Waals surface area (Å²) in [5.41, 5.74) is 1.57. The number of hydrogen-bond donors (Lipinski definition) is 3. The van der Waals surface area contributed by atoms with Gasteiger partial charge in [-0.25, -0.2) is 4.79 Å². The lowest BCUT2D eigenvalue weighted by atomic mass is 10.1. The van der Waals surface area contributed by atoms with Gasteiger partial charge in [0.05, 0.1) is 5.56 Å². The van der Waals surface area contributed by atoms with E-state index in [0.29, 0.717) is 16.8 Å². The molecule has 0 aliphatic heterocycles. The molecule has 1 aromatic rings. The number of rotatable bonds is 6. The van der Waals surface area contributed by atoms with E-state index in [1.807, 2.05) is 21.0 Å². The van der Waals surface area contributed by atoms with Crippen LogP contribution in [0.1, 0.15) is 45.4 Å². The van der Waals surface area contributed by atoms with E-state index in [-0.39, 0.29) is 17.6 Å². The lowest BCUT2D eigenvalue weighted by Gasteiger charge is -2.17. The van der Waals surface area contributed by atoms with Crippen LogP contribution >= 0.6 is 0 Å². The second-order valence-electron chi connectivity index (χ2n) is 5.40. The molecular weight excluding hydrogens is 258 g/mol. The van der Waals surface area contributed by atoms with Crippen LogP contribution in [0, 0.1) is 13.8 Å². The number of aryl methyl sites for hydroxylation is 1. The van der Waals surface area contributed by atoms with E-state index in [1.54, 1.807) is 13.8 Å². The summed E-state index contributed by atoms with van der Waals surface area (Å²) in [5, 5.41) is 12.0. The lowest BCUT2D eigenvalue weighted by molar-refractivity contribution is 0.0690. The summed E-state index contributed by atoms with van der Waals surface area (Å²) in [5.74, 6) is -1.28. The molecule has 1 unspecified atom stereocenters. The van der Waals surface area contributed by atoms with Crippen molar-refractivity contribution >= 4 is 11.9 Å². The molecule has 1 atom stereocenters. The van der Waals surface area contributed by atoms with E-state index in [0.717, 1.165) is 13.0 Å². The number of nitrogens with one attached hydrogen (secondary N) is 2. The van der Waals surface area contributed by atoms with Gasteiger partial charge >= 0.3 is 5.97 Å². The minimum absolute atomic E-state index is 0.0341. The van der Waals surface area contributed by atoms with Gasteiger partial charge in [-0.05, 0) is 53.4 Å². The molecule has 1 aromatic heterocycles. The third-order valence-corrected chi connectivity index (χ3v) is 3.27. The van der Waals surface area contributed by atoms with Gasteiger partial charge < -0.3 is 20.3 Å². The topological polar surface area (TPSA) is 85.4 Å². The van der Waals surface area contributed by atoms with Crippen LogP contribution in [0.2, 0.25) is 0 Å². The third kappa shape index (κ3) is 3.84. The van der Waals surface area contributed by atoms with E-state index < -0.39 is 5.97 Å². The molecule has 0 aromatic carbocycles. The van der Waals surface area contributed by atoms with Crippen LogP contribution < -0.4 is 5.32 Å². The van der Waals surface area contributed by atoms with Gasteiger partial charge in [-0.3, -0.25) is 4.79 Å². The standard InChI is InChI=1S/C14H23N3O3/c1-8(6-7-17(4)5)15-13(18)11-9(2)12(14(19)20)16-10(11)3/h8,16H,6-7H2,1-5H3,(H,15,18)(H,19,20). The first-order valence-corrected chi connectivity index (χ1v) is 6.62. The third-order valence-electron chi connectivity index (χ3n) is 3.27. The molecule has 0 saturated carbocycles. The van der Waals surface area contributed by atoms with Gasteiger partial charge in [0.1, 0.15) is 5.69 Å². The van der Waals surface area contributed by atoms with Crippen molar-refractivity contribution in [3.8, 4) is 0 Å². The molecule has 0 spiro atoms. The molecule has 1 heterocycles. The SMILES string of the molecule is Cc1[nH]c(C(=O)O)c(C)c1C(=O)NC(C)CCN(C)C. The quantitative estimate of drug-likeness (QED) is 0.735. The second-order valence-corrected chi connectivity index (χ2v) is 5.40. The Labute approximate surface area is 119 Å². The lowest BCUT2D eigenvalue weighted by Crippen LogP contribution is -2.35. The number of carbonyl (C=O) groups excluding carboxylic acids is 1. The average molecular weight is 281 g/mol. The maximum Gasteiger partial charge on any atom is 0.352 e. The van der Waals surface area contributed by atoms with Crippen LogP contribution in [0.5, 0.6) is 0 Å². The summed E-state index contributed by atoms with van der Waals surface area (Å²) in [7, 11) is 3.96. The van der Waals surface area contributed by atoms with Crippen LogP contribution in [0.15, 0.2) is 0 Å². The summed E-state index contributed by atoms with van der Waals surface area (Å²) in [6.45, 7) is 6.18. The van der Waals surface area contributed by atoms with Crippen LogP contribution in [0.25, 0.3) is 0 Å². The number of carboxylic acid groups (broad SMARTS) is 1. The predicted octanol–water partition coefficient (Wildman–Crippen LogP) is 1.40. The molecular formula is C14H23N3O3. The van der Waals surface area contributed by atoms with E-state index >= 15 is 0 Å². The van der Waals surface area contributed by atoms with Gasteiger partial charge in [-0.1, -0.05) is 0 Å². The molecule has 0 aliphatic carbocycles. The van der Waals surface area contributed by atoms with Crippen LogP contribution in [0.4, 0.5) is 0 Å². The minimum atomic E-state index is -1.05. The first kappa shape index (κ1) is 16.2. The van der Waals surface area contributed by atoms with Crippen molar-refractivity contribution in [2.45, 2.75) is 33.2 Å². The smallest absolute Gasteiger partial charge is 0.352 e. The summed E-state index contributed by atoms with van der Waals surface area (Å²) < 4.78 is 0. The van der Waals surface area contributed by atoms with Crippen molar-refractivity contribution in [2.75, 3.05) is 20.6 Å². The highest BCUT2D eigenvalue weighted by Gasteiger charge is 2.22. The number of aromatic carboxylic acids is 1. The Morgan fingerprint density at radius 3 is 2.40 bits per heavy atom. The molecule has 1 rings (SSSR count). The molecule has 0 aliphatic rings. The Morgan fingerprint density at radius 1 is 1.35 bits per heavy atom. The van der Waals surface area contributed by atoms with Crippen molar-refractivity contribution < 1.29 is 14.7 Å². The zero-order valence-electron chi connectivity index (χ0n) is 12.7. The van der Waals surface area contributed by atoms with Crippen LogP contribution in [-0.2, 0) is 0 Å². The van der Waals surface area contributed by atoms with E-state index in [2.05, 4.69) is 15.2 Å². The zero-order chi connectivity index (χ0) is 15.4. The van der Waals surface area contributed by atoms with Gasteiger partial charge in [-0.15, -0.1) is 0 Å². The maximum atomic E-state index is 12.2. The number of hydrogen-bond acceptors (Lipinski definition) is 3. The Morgan fingerprint density at radius 2 is 1.95 bits per heavy atom. The molecule has 0 saturated heterocycles. The van der Waals surface area contributed by atoms with Gasteiger partial charge in [0.25, 0.3) is 5.91 Å². The monoisotopic (exact) mass is 281 g/mol. The molecule has 6 nitrogen and oxygen atoms in total. The summed E-state index contributed by atoms with van der Waals surface area (Å²) in [6.07, 6.45) is 0.840. The van der Waals surface area contributed by atoms with E-state index in [9.17, 15) is 9.59 Å². The normalized spacial score (nSPS) is 12.5. The minimum Gasteiger partial charge on any atom is -0.477 e. The highest BCUT2D eigenvalue weighted by Crippen LogP contribution is 2.18. The number of aromatic nitrogens is 1. The molecule has 0 radical (unpaired) electrons. The fraction of sp³-hybridized carbons (Fsp3) is 0.571. The van der Waals surface area contributed by atoms with Crippen LogP contribution in [0.3, 0.4) is 0 Å². The Bertz CT molecular complexity index is 506.